The van der Waals surface area contributed by atoms with E-state index in [1.165, 1.54) is 12.8 Å². The summed E-state index contributed by atoms with van der Waals surface area (Å²) >= 11 is 0. The molecule has 0 aromatic rings. The molecule has 122 valence electrons. The van der Waals surface area contributed by atoms with E-state index in [0.29, 0.717) is 0 Å². The first-order chi connectivity index (χ1) is 9.63. The molecule has 2 saturated heterocycles. The van der Waals surface area contributed by atoms with Gasteiger partial charge in [0.1, 0.15) is 6.23 Å². The van der Waals surface area contributed by atoms with Crippen LogP contribution in [0.5, 0.6) is 0 Å². The van der Waals surface area contributed by atoms with Gasteiger partial charge in [0.15, 0.2) is 5.60 Å². The van der Waals surface area contributed by atoms with Crippen LogP contribution >= 0.6 is 0 Å². The maximum absolute atomic E-state index is 12.7. The Morgan fingerprint density at radius 1 is 1.24 bits per heavy atom. The van der Waals surface area contributed by atoms with Gasteiger partial charge in [0.2, 0.25) is 0 Å². The van der Waals surface area contributed by atoms with Crippen LogP contribution in [0.15, 0.2) is 0 Å². The van der Waals surface area contributed by atoms with Crippen molar-refractivity contribution in [2.24, 2.45) is 5.92 Å². The first-order valence-electron chi connectivity index (χ1n) is 8.41. The van der Waals surface area contributed by atoms with Crippen molar-refractivity contribution in [3.63, 3.8) is 0 Å². The number of hydrogen-bond donors (Lipinski definition) is 2. The van der Waals surface area contributed by atoms with Crippen molar-refractivity contribution in [3.05, 3.63) is 0 Å². The topological polar surface area (TPSA) is 50.4 Å². The number of unbranched alkanes of at least 4 members (excludes halogenated alkanes) is 2. The summed E-state index contributed by atoms with van der Waals surface area (Å²) in [5.74, 6) is 0.216. The summed E-state index contributed by atoms with van der Waals surface area (Å²) in [5.41, 5.74) is -0.918. The van der Waals surface area contributed by atoms with Gasteiger partial charge in [-0.1, -0.05) is 26.7 Å². The molecule has 2 N–H and O–H groups in total. The molecule has 0 bridgehead atoms. The standard InChI is InChI=1S/C17H32N2O2/c1-7-8-9-10-13-18-14(20)17(21-13)11-15(3,4)19-16(5,6)12(17)2/h12-13,19H,7-11H2,1-6H3,(H,18,20). The van der Waals surface area contributed by atoms with E-state index < -0.39 is 5.60 Å². The molecule has 4 heteroatoms. The van der Waals surface area contributed by atoms with Gasteiger partial charge in [-0.05, 0) is 40.5 Å². The third-order valence-electron chi connectivity index (χ3n) is 5.25. The fourth-order valence-electron chi connectivity index (χ4n) is 4.15. The fourth-order valence-corrected chi connectivity index (χ4v) is 4.15. The first-order valence-corrected chi connectivity index (χ1v) is 8.41. The van der Waals surface area contributed by atoms with Gasteiger partial charge in [0.25, 0.3) is 5.91 Å². The van der Waals surface area contributed by atoms with Crippen molar-refractivity contribution in [1.29, 1.82) is 0 Å². The van der Waals surface area contributed by atoms with Crippen molar-refractivity contribution >= 4 is 5.91 Å². The lowest BCUT2D eigenvalue weighted by molar-refractivity contribution is -0.162. The molecule has 2 aliphatic heterocycles. The third-order valence-corrected chi connectivity index (χ3v) is 5.25. The molecule has 1 spiro atoms. The van der Waals surface area contributed by atoms with Crippen molar-refractivity contribution in [1.82, 2.24) is 10.6 Å². The van der Waals surface area contributed by atoms with Crippen molar-refractivity contribution in [2.75, 3.05) is 0 Å². The van der Waals surface area contributed by atoms with Crippen LogP contribution in [0.1, 0.15) is 73.6 Å². The predicted molar refractivity (Wildman–Crippen MR) is 85.0 cm³/mol. The molecule has 0 saturated carbocycles. The molecule has 2 rings (SSSR count). The van der Waals surface area contributed by atoms with Gasteiger partial charge < -0.3 is 15.4 Å². The van der Waals surface area contributed by atoms with Crippen LogP contribution < -0.4 is 10.6 Å². The second-order valence-corrected chi connectivity index (χ2v) is 8.09. The molecule has 21 heavy (non-hydrogen) atoms. The summed E-state index contributed by atoms with van der Waals surface area (Å²) in [6.07, 6.45) is 5.01. The van der Waals surface area contributed by atoms with Crippen LogP contribution in [0.4, 0.5) is 0 Å². The monoisotopic (exact) mass is 296 g/mol. The number of ether oxygens (including phenoxy) is 1. The number of rotatable bonds is 4. The molecule has 3 atom stereocenters. The third kappa shape index (κ3) is 3.11. The van der Waals surface area contributed by atoms with Crippen LogP contribution in [0.25, 0.3) is 0 Å². The quantitative estimate of drug-likeness (QED) is 0.784. The van der Waals surface area contributed by atoms with E-state index in [9.17, 15) is 4.79 Å². The number of nitrogens with one attached hydrogen (secondary N) is 2. The Kier molecular flexibility index (Phi) is 4.42. The van der Waals surface area contributed by atoms with E-state index in [2.05, 4.69) is 52.2 Å². The average Bonchev–Trinajstić information content (AvgIpc) is 2.62. The van der Waals surface area contributed by atoms with E-state index in [0.717, 1.165) is 19.3 Å². The fraction of sp³-hybridized carbons (Fsp3) is 0.941. The van der Waals surface area contributed by atoms with E-state index in [1.807, 2.05) is 0 Å². The Bertz CT molecular complexity index is 406. The average molecular weight is 296 g/mol. The van der Waals surface area contributed by atoms with Gasteiger partial charge in [-0.2, -0.15) is 0 Å². The van der Waals surface area contributed by atoms with Crippen LogP contribution in [-0.4, -0.2) is 28.8 Å². The summed E-state index contributed by atoms with van der Waals surface area (Å²) < 4.78 is 6.33. The highest BCUT2D eigenvalue weighted by Gasteiger charge is 2.61. The van der Waals surface area contributed by atoms with Crippen molar-refractivity contribution in [3.8, 4) is 0 Å². The second kappa shape index (κ2) is 5.54. The summed E-state index contributed by atoms with van der Waals surface area (Å²) in [7, 11) is 0. The van der Waals surface area contributed by atoms with Gasteiger partial charge in [0.05, 0.1) is 0 Å². The second-order valence-electron chi connectivity index (χ2n) is 8.09. The van der Waals surface area contributed by atoms with E-state index >= 15 is 0 Å². The summed E-state index contributed by atoms with van der Waals surface area (Å²) in [4.78, 5) is 12.7. The van der Waals surface area contributed by atoms with Crippen LogP contribution in [0.3, 0.4) is 0 Å². The SMILES string of the molecule is CCCCCC1NC(=O)C2(CC(C)(C)NC(C)(C)C2C)O1. The minimum atomic E-state index is -0.685. The van der Waals surface area contributed by atoms with E-state index in [1.54, 1.807) is 0 Å². The van der Waals surface area contributed by atoms with Gasteiger partial charge in [-0.25, -0.2) is 0 Å². The van der Waals surface area contributed by atoms with Gasteiger partial charge in [-0.3, -0.25) is 4.79 Å². The molecule has 0 aromatic heterocycles. The molecule has 0 aromatic carbocycles. The number of carbonyl (C=O) groups excluding carboxylic acids is 1. The molecule has 2 fully saturated rings. The Balaban J connectivity index is 2.18. The van der Waals surface area contributed by atoms with Crippen molar-refractivity contribution < 1.29 is 9.53 Å². The maximum atomic E-state index is 12.7. The minimum Gasteiger partial charge on any atom is -0.342 e. The maximum Gasteiger partial charge on any atom is 0.254 e. The lowest BCUT2D eigenvalue weighted by Crippen LogP contribution is -2.70. The summed E-state index contributed by atoms with van der Waals surface area (Å²) in [6.45, 7) is 13.0. The lowest BCUT2D eigenvalue weighted by atomic mass is 9.65. The normalized spacial score (nSPS) is 37.7. The molecule has 1 amide bonds. The lowest BCUT2D eigenvalue weighted by Gasteiger charge is -2.54. The Morgan fingerprint density at radius 3 is 2.52 bits per heavy atom. The molecule has 4 nitrogen and oxygen atoms in total. The largest absolute Gasteiger partial charge is 0.342 e. The smallest absolute Gasteiger partial charge is 0.254 e. The van der Waals surface area contributed by atoms with Gasteiger partial charge in [-0.15, -0.1) is 0 Å². The van der Waals surface area contributed by atoms with Crippen LogP contribution in [0.2, 0.25) is 0 Å². The summed E-state index contributed by atoms with van der Waals surface area (Å²) in [6, 6.07) is 0. The Labute approximate surface area is 129 Å². The first kappa shape index (κ1) is 16.8. The molecule has 0 aliphatic carbocycles. The number of hydrogen-bond acceptors (Lipinski definition) is 3. The zero-order chi connectivity index (χ0) is 15.9. The summed E-state index contributed by atoms with van der Waals surface area (Å²) in [5, 5.41) is 6.75. The zero-order valence-electron chi connectivity index (χ0n) is 14.5. The molecule has 2 aliphatic rings. The van der Waals surface area contributed by atoms with E-state index in [4.69, 9.17) is 4.74 Å². The zero-order valence-corrected chi connectivity index (χ0v) is 14.5. The molecular weight excluding hydrogens is 264 g/mol. The molecule has 2 heterocycles. The molecule has 0 radical (unpaired) electrons. The predicted octanol–water partition coefficient (Wildman–Crippen LogP) is 2.96. The van der Waals surface area contributed by atoms with Crippen molar-refractivity contribution in [2.45, 2.75) is 96.6 Å². The highest BCUT2D eigenvalue weighted by molar-refractivity contribution is 5.88. The van der Waals surface area contributed by atoms with Gasteiger partial charge >= 0.3 is 0 Å². The molecule has 3 unspecified atom stereocenters. The Hall–Kier alpha value is -0.610. The van der Waals surface area contributed by atoms with Crippen LogP contribution in [0, 0.1) is 5.92 Å². The van der Waals surface area contributed by atoms with Gasteiger partial charge in [0, 0.05) is 23.4 Å². The number of piperidine rings is 1. The van der Waals surface area contributed by atoms with Crippen LogP contribution in [-0.2, 0) is 9.53 Å². The van der Waals surface area contributed by atoms with E-state index in [-0.39, 0.29) is 29.1 Å². The molecular formula is C17H32N2O2. The Morgan fingerprint density at radius 2 is 1.90 bits per heavy atom. The highest BCUT2D eigenvalue weighted by Crippen LogP contribution is 2.46. The number of carbonyl (C=O) groups is 1. The highest BCUT2D eigenvalue weighted by atomic mass is 16.5. The minimum absolute atomic E-state index is 0.0825. The number of amides is 1.